The zero-order valence-corrected chi connectivity index (χ0v) is 16.0. The van der Waals surface area contributed by atoms with Crippen LogP contribution >= 0.6 is 0 Å². The summed E-state index contributed by atoms with van der Waals surface area (Å²) in [5, 5.41) is 1.10. The summed E-state index contributed by atoms with van der Waals surface area (Å²) in [4.78, 5) is 17.4. The van der Waals surface area contributed by atoms with E-state index in [1.54, 1.807) is 12.1 Å². The first-order valence-electron chi connectivity index (χ1n) is 9.72. The molecule has 4 rings (SSSR count). The van der Waals surface area contributed by atoms with Crippen LogP contribution in [0.15, 0.2) is 66.2 Å². The van der Waals surface area contributed by atoms with E-state index in [0.717, 1.165) is 41.4 Å². The molecule has 0 aliphatic carbocycles. The smallest absolute Gasteiger partial charge is 0.195 e. The first-order chi connectivity index (χ1) is 13.7. The summed E-state index contributed by atoms with van der Waals surface area (Å²) >= 11 is 0. The highest BCUT2D eigenvalue weighted by Gasteiger charge is 2.23. The van der Waals surface area contributed by atoms with Crippen LogP contribution in [0.2, 0.25) is 0 Å². The quantitative estimate of drug-likeness (QED) is 0.422. The molecule has 0 N–H and O–H groups in total. The van der Waals surface area contributed by atoms with Crippen LogP contribution in [-0.4, -0.2) is 17.4 Å². The fourth-order valence-corrected chi connectivity index (χ4v) is 3.27. The Morgan fingerprint density at radius 2 is 2.04 bits per heavy atom. The fourth-order valence-electron chi connectivity index (χ4n) is 3.27. The molecule has 1 aromatic heterocycles. The molecule has 0 saturated carbocycles. The number of carbonyl (C=O) groups excluding carboxylic acids is 1. The molecule has 0 fully saturated rings. The molecule has 28 heavy (non-hydrogen) atoms. The summed E-state index contributed by atoms with van der Waals surface area (Å²) in [5.74, 6) is 1.29. The molecule has 1 aliphatic rings. The molecule has 0 spiro atoms. The van der Waals surface area contributed by atoms with E-state index in [9.17, 15) is 4.79 Å². The zero-order valence-electron chi connectivity index (χ0n) is 16.0. The van der Waals surface area contributed by atoms with Gasteiger partial charge in [-0.3, -0.25) is 4.79 Å². The van der Waals surface area contributed by atoms with E-state index in [2.05, 4.69) is 11.9 Å². The number of ether oxygens (including phenoxy) is 2. The molecule has 2 aromatic carbocycles. The molecular weight excluding hydrogens is 350 g/mol. The Balaban J connectivity index is 1.49. The van der Waals surface area contributed by atoms with Crippen LogP contribution in [0.3, 0.4) is 0 Å². The normalized spacial score (nSPS) is 14.8. The number of rotatable bonds is 6. The van der Waals surface area contributed by atoms with Crippen molar-refractivity contribution in [3.8, 4) is 11.5 Å². The van der Waals surface area contributed by atoms with Crippen LogP contribution in [-0.2, 0) is 6.61 Å². The van der Waals surface area contributed by atoms with E-state index in [4.69, 9.17) is 9.47 Å². The van der Waals surface area contributed by atoms with Crippen molar-refractivity contribution >= 4 is 16.7 Å². The molecule has 4 heteroatoms. The number of Topliss-reactive ketones (excluding diaryl/α,β-unsaturated/α-hetero) is 1. The van der Waals surface area contributed by atoms with Crippen molar-refractivity contribution in [2.24, 2.45) is 0 Å². The van der Waals surface area contributed by atoms with Gasteiger partial charge in [0.25, 0.3) is 0 Å². The molecule has 0 radical (unpaired) electrons. The van der Waals surface area contributed by atoms with Crippen molar-refractivity contribution in [1.82, 2.24) is 4.98 Å². The highest BCUT2D eigenvalue weighted by atomic mass is 16.5. The number of pyridine rings is 1. The van der Waals surface area contributed by atoms with E-state index in [1.165, 1.54) is 0 Å². The number of hydrogen-bond acceptors (Lipinski definition) is 4. The van der Waals surface area contributed by atoms with E-state index < -0.39 is 0 Å². The summed E-state index contributed by atoms with van der Waals surface area (Å²) in [6.45, 7) is 2.83. The molecule has 0 amide bonds. The van der Waals surface area contributed by atoms with Crippen LogP contribution in [0.25, 0.3) is 10.9 Å². The number of allylic oxidation sites excluding steroid dienone is 1. The van der Waals surface area contributed by atoms with Gasteiger partial charge in [-0.2, -0.15) is 0 Å². The number of ketones is 1. The number of para-hydroxylation sites is 1. The van der Waals surface area contributed by atoms with Gasteiger partial charge in [-0.15, -0.1) is 0 Å². The van der Waals surface area contributed by atoms with Gasteiger partial charge in [0.2, 0.25) is 0 Å². The molecule has 2 heterocycles. The summed E-state index contributed by atoms with van der Waals surface area (Å²) in [6.07, 6.45) is 5.09. The van der Waals surface area contributed by atoms with E-state index in [-0.39, 0.29) is 5.78 Å². The first kappa shape index (κ1) is 18.2. The maximum Gasteiger partial charge on any atom is 0.195 e. The molecular formula is C24H23NO3. The molecule has 4 nitrogen and oxygen atoms in total. The summed E-state index contributed by atoms with van der Waals surface area (Å²) in [6, 6.07) is 17.4. The Kier molecular flexibility index (Phi) is 5.38. The van der Waals surface area contributed by atoms with E-state index in [1.807, 2.05) is 48.5 Å². The molecule has 0 unspecified atom stereocenters. The Morgan fingerprint density at radius 3 is 2.93 bits per heavy atom. The number of nitrogens with zero attached hydrogens (tertiary/aromatic N) is 1. The molecule has 142 valence electrons. The predicted molar refractivity (Wildman–Crippen MR) is 110 cm³/mol. The third-order valence-corrected chi connectivity index (χ3v) is 4.86. The van der Waals surface area contributed by atoms with Gasteiger partial charge in [0, 0.05) is 11.0 Å². The Bertz CT molecular complexity index is 1040. The summed E-state index contributed by atoms with van der Waals surface area (Å²) in [5.41, 5.74) is 3.09. The second-order valence-corrected chi connectivity index (χ2v) is 6.93. The maximum atomic E-state index is 12.8. The minimum Gasteiger partial charge on any atom is -0.488 e. The standard InChI is InChI=1S/C24H23NO3/c1-2-3-4-8-18-15-28-23-13-12-20(14-21(23)24(18)26)27-16-19-11-10-17-7-5-6-9-22(17)25-19/h5-14H,2-4,15-16H2,1H3/b18-8-. The minimum absolute atomic E-state index is 0.0339. The molecule has 0 bridgehead atoms. The predicted octanol–water partition coefficient (Wildman–Crippen LogP) is 5.51. The Labute approximate surface area is 164 Å². The van der Waals surface area contributed by atoms with Crippen molar-refractivity contribution in [2.45, 2.75) is 32.8 Å². The lowest BCUT2D eigenvalue weighted by atomic mass is 9.99. The molecule has 1 aliphatic heterocycles. The minimum atomic E-state index is 0.0339. The van der Waals surface area contributed by atoms with Crippen LogP contribution < -0.4 is 9.47 Å². The van der Waals surface area contributed by atoms with Gasteiger partial charge in [-0.25, -0.2) is 4.98 Å². The van der Waals surface area contributed by atoms with Gasteiger partial charge in [-0.1, -0.05) is 50.1 Å². The average Bonchev–Trinajstić information content (AvgIpc) is 2.74. The lowest BCUT2D eigenvalue weighted by Gasteiger charge is -2.19. The van der Waals surface area contributed by atoms with Crippen LogP contribution in [0.5, 0.6) is 11.5 Å². The number of fused-ring (bicyclic) bond motifs is 2. The van der Waals surface area contributed by atoms with Gasteiger partial charge in [0.15, 0.2) is 5.78 Å². The molecule has 3 aromatic rings. The van der Waals surface area contributed by atoms with Gasteiger partial charge < -0.3 is 9.47 Å². The molecule has 0 atom stereocenters. The topological polar surface area (TPSA) is 48.4 Å². The van der Waals surface area contributed by atoms with Gasteiger partial charge in [0.05, 0.1) is 16.8 Å². The number of unbranched alkanes of at least 4 members (excludes halogenated alkanes) is 2. The third kappa shape index (κ3) is 3.91. The second kappa shape index (κ2) is 8.26. The highest BCUT2D eigenvalue weighted by molar-refractivity contribution is 6.11. The highest BCUT2D eigenvalue weighted by Crippen LogP contribution is 2.31. The van der Waals surface area contributed by atoms with E-state index in [0.29, 0.717) is 30.3 Å². The van der Waals surface area contributed by atoms with Gasteiger partial charge >= 0.3 is 0 Å². The van der Waals surface area contributed by atoms with Crippen molar-refractivity contribution in [3.05, 3.63) is 77.5 Å². The zero-order chi connectivity index (χ0) is 19.3. The van der Waals surface area contributed by atoms with Crippen molar-refractivity contribution in [1.29, 1.82) is 0 Å². The lowest BCUT2D eigenvalue weighted by Crippen LogP contribution is -2.19. The Morgan fingerprint density at radius 1 is 1.14 bits per heavy atom. The Hall–Kier alpha value is -3.14. The van der Waals surface area contributed by atoms with E-state index >= 15 is 0 Å². The number of aromatic nitrogens is 1. The first-order valence-corrected chi connectivity index (χ1v) is 9.72. The summed E-state index contributed by atoms with van der Waals surface area (Å²) < 4.78 is 11.6. The summed E-state index contributed by atoms with van der Waals surface area (Å²) in [7, 11) is 0. The monoisotopic (exact) mass is 373 g/mol. The molecule has 0 saturated heterocycles. The van der Waals surface area contributed by atoms with Crippen molar-refractivity contribution in [2.75, 3.05) is 6.61 Å². The average molecular weight is 373 g/mol. The van der Waals surface area contributed by atoms with Gasteiger partial charge in [-0.05, 0) is 36.8 Å². The second-order valence-electron chi connectivity index (χ2n) is 6.93. The maximum absolute atomic E-state index is 12.8. The van der Waals surface area contributed by atoms with Crippen LogP contribution in [0.4, 0.5) is 0 Å². The van der Waals surface area contributed by atoms with Crippen molar-refractivity contribution < 1.29 is 14.3 Å². The van der Waals surface area contributed by atoms with Crippen molar-refractivity contribution in [3.63, 3.8) is 0 Å². The number of benzene rings is 2. The van der Waals surface area contributed by atoms with Crippen LogP contribution in [0.1, 0.15) is 42.2 Å². The van der Waals surface area contributed by atoms with Gasteiger partial charge in [0.1, 0.15) is 24.7 Å². The van der Waals surface area contributed by atoms with Crippen LogP contribution in [0, 0.1) is 0 Å². The fraction of sp³-hybridized carbons (Fsp3) is 0.250. The number of hydrogen-bond donors (Lipinski definition) is 0. The lowest BCUT2D eigenvalue weighted by molar-refractivity contribution is 0.0998. The number of carbonyl (C=O) groups is 1. The third-order valence-electron chi connectivity index (χ3n) is 4.86. The SMILES string of the molecule is CCCC/C=C1/COc2ccc(OCc3ccc4ccccc4n3)cc2C1=O. The largest absolute Gasteiger partial charge is 0.488 e.